The fourth-order valence-electron chi connectivity index (χ4n) is 2.31. The highest BCUT2D eigenvalue weighted by Crippen LogP contribution is 2.32. The molecule has 4 heteroatoms. The molecule has 1 atom stereocenters. The maximum atomic E-state index is 6.14. The zero-order valence-corrected chi connectivity index (χ0v) is 13.3. The van der Waals surface area contributed by atoms with Gasteiger partial charge in [0.15, 0.2) is 5.17 Å². The third-order valence-corrected chi connectivity index (χ3v) is 5.37. The van der Waals surface area contributed by atoms with Gasteiger partial charge in [0.2, 0.25) is 0 Å². The molecule has 0 aliphatic carbocycles. The first-order valence-corrected chi connectivity index (χ1v) is 8.14. The molecule has 1 aromatic carbocycles. The minimum atomic E-state index is 0.624. The second-order valence-corrected chi connectivity index (χ2v) is 6.60. The molecule has 0 fully saturated rings. The van der Waals surface area contributed by atoms with Crippen LogP contribution in [0, 0.1) is 12.8 Å². The normalized spacial score (nSPS) is 18.8. The molecule has 1 aromatic rings. The molecule has 0 aromatic heterocycles. The number of hydrogen-bond acceptors (Lipinski definition) is 3. The second-order valence-electron chi connectivity index (χ2n) is 4.97. The van der Waals surface area contributed by atoms with E-state index in [9.17, 15) is 0 Å². The van der Waals surface area contributed by atoms with Crippen LogP contribution in [0.5, 0.6) is 0 Å². The molecule has 1 aliphatic rings. The molecular formula is C15H21ClN2S. The summed E-state index contributed by atoms with van der Waals surface area (Å²) in [6, 6.07) is 6.04. The van der Waals surface area contributed by atoms with Crippen molar-refractivity contribution in [3.8, 4) is 0 Å². The lowest BCUT2D eigenvalue weighted by atomic mass is 9.99. The van der Waals surface area contributed by atoms with Gasteiger partial charge in [-0.25, -0.2) is 0 Å². The molecule has 0 bridgehead atoms. The zero-order chi connectivity index (χ0) is 13.8. The molecule has 0 spiro atoms. The van der Waals surface area contributed by atoms with Gasteiger partial charge in [-0.3, -0.25) is 4.99 Å². The Hall–Kier alpha value is -0.670. The first kappa shape index (κ1) is 14.7. The van der Waals surface area contributed by atoms with Crippen LogP contribution >= 0.6 is 23.4 Å². The van der Waals surface area contributed by atoms with Gasteiger partial charge in [0.1, 0.15) is 0 Å². The van der Waals surface area contributed by atoms with Gasteiger partial charge in [-0.15, -0.1) is 0 Å². The van der Waals surface area contributed by atoms with E-state index in [1.165, 1.54) is 12.8 Å². The first-order valence-electron chi connectivity index (χ1n) is 6.88. The molecule has 19 heavy (non-hydrogen) atoms. The van der Waals surface area contributed by atoms with E-state index < -0.39 is 0 Å². The van der Waals surface area contributed by atoms with Crippen molar-refractivity contribution in [2.75, 3.05) is 11.9 Å². The van der Waals surface area contributed by atoms with E-state index in [0.29, 0.717) is 5.25 Å². The second kappa shape index (κ2) is 6.67. The first-order chi connectivity index (χ1) is 9.13. The van der Waals surface area contributed by atoms with Gasteiger partial charge in [0.25, 0.3) is 0 Å². The highest BCUT2D eigenvalue weighted by atomic mass is 35.5. The summed E-state index contributed by atoms with van der Waals surface area (Å²) in [4.78, 5) is 4.61. The Labute approximate surface area is 125 Å². The summed E-state index contributed by atoms with van der Waals surface area (Å²) in [6.07, 6.45) is 2.46. The number of hydrogen-bond donors (Lipinski definition) is 1. The monoisotopic (exact) mass is 296 g/mol. The van der Waals surface area contributed by atoms with Gasteiger partial charge in [-0.05, 0) is 30.5 Å². The largest absolute Gasteiger partial charge is 0.335 e. The molecule has 1 aliphatic heterocycles. The molecule has 2 nitrogen and oxygen atoms in total. The predicted molar refractivity (Wildman–Crippen MR) is 87.6 cm³/mol. The third kappa shape index (κ3) is 3.67. The number of benzene rings is 1. The van der Waals surface area contributed by atoms with Crippen LogP contribution in [-0.2, 0) is 0 Å². The highest BCUT2D eigenvalue weighted by molar-refractivity contribution is 8.15. The molecule has 0 amide bonds. The molecule has 0 radical (unpaired) electrons. The van der Waals surface area contributed by atoms with Gasteiger partial charge in [-0.1, -0.05) is 56.1 Å². The van der Waals surface area contributed by atoms with Gasteiger partial charge in [0.05, 0.1) is 6.54 Å². The molecule has 0 saturated heterocycles. The maximum Gasteiger partial charge on any atom is 0.161 e. The predicted octanol–water partition coefficient (Wildman–Crippen LogP) is 4.97. The summed E-state index contributed by atoms with van der Waals surface area (Å²) in [5, 5.41) is 5.82. The van der Waals surface area contributed by atoms with Crippen LogP contribution in [0.25, 0.3) is 0 Å². The van der Waals surface area contributed by atoms with E-state index in [4.69, 9.17) is 11.6 Å². The van der Waals surface area contributed by atoms with Crippen LogP contribution in [0.2, 0.25) is 5.02 Å². The van der Waals surface area contributed by atoms with Crippen molar-refractivity contribution < 1.29 is 0 Å². The lowest BCUT2D eigenvalue weighted by Crippen LogP contribution is -2.17. The number of nitrogens with one attached hydrogen (secondary N) is 1. The number of halogens is 1. The zero-order valence-electron chi connectivity index (χ0n) is 11.7. The molecule has 1 heterocycles. The number of thioether (sulfide) groups is 1. The maximum absolute atomic E-state index is 6.14. The van der Waals surface area contributed by atoms with Gasteiger partial charge in [-0.2, -0.15) is 0 Å². The van der Waals surface area contributed by atoms with Crippen molar-refractivity contribution in [2.24, 2.45) is 10.9 Å². The van der Waals surface area contributed by atoms with Crippen LogP contribution < -0.4 is 5.32 Å². The Morgan fingerprint density at radius 3 is 2.79 bits per heavy atom. The number of aliphatic imine (C=N–C) groups is 1. The topological polar surface area (TPSA) is 24.4 Å². The number of aryl methyl sites for hydroxylation is 1. The van der Waals surface area contributed by atoms with E-state index in [-0.39, 0.29) is 0 Å². The summed E-state index contributed by atoms with van der Waals surface area (Å²) in [5.74, 6) is 0.759. The Morgan fingerprint density at radius 1 is 1.42 bits per heavy atom. The van der Waals surface area contributed by atoms with E-state index >= 15 is 0 Å². The minimum Gasteiger partial charge on any atom is -0.335 e. The van der Waals surface area contributed by atoms with Crippen LogP contribution in [0.15, 0.2) is 23.2 Å². The van der Waals surface area contributed by atoms with Gasteiger partial charge in [0, 0.05) is 16.0 Å². The minimum absolute atomic E-state index is 0.624. The van der Waals surface area contributed by atoms with Crippen LogP contribution in [0.1, 0.15) is 32.3 Å². The van der Waals surface area contributed by atoms with Crippen molar-refractivity contribution >= 4 is 34.2 Å². The summed E-state index contributed by atoms with van der Waals surface area (Å²) in [6.45, 7) is 7.47. The van der Waals surface area contributed by atoms with Crippen LogP contribution in [0.4, 0.5) is 5.69 Å². The third-order valence-electron chi connectivity index (χ3n) is 3.68. The standard InChI is InChI=1S/C15H21ClN2S/c1-4-11(5-2)14-9-17-15(19-14)18-12-7-6-10(3)13(16)8-12/h6-8,11,14H,4-5,9H2,1-3H3,(H,17,18). The number of rotatable bonds is 4. The molecule has 104 valence electrons. The molecular weight excluding hydrogens is 276 g/mol. The molecule has 1 N–H and O–H groups in total. The molecule has 0 saturated carbocycles. The van der Waals surface area contributed by atoms with Crippen molar-refractivity contribution in [1.82, 2.24) is 0 Å². The lowest BCUT2D eigenvalue weighted by Gasteiger charge is -2.18. The number of amidine groups is 1. The van der Waals surface area contributed by atoms with Crippen molar-refractivity contribution in [3.05, 3.63) is 28.8 Å². The average molecular weight is 297 g/mol. The number of anilines is 1. The molecule has 1 unspecified atom stereocenters. The Balaban J connectivity index is 1.96. The van der Waals surface area contributed by atoms with E-state index in [1.807, 2.05) is 30.8 Å². The summed E-state index contributed by atoms with van der Waals surface area (Å²) < 4.78 is 0. The summed E-state index contributed by atoms with van der Waals surface area (Å²) >= 11 is 8.01. The Morgan fingerprint density at radius 2 is 2.16 bits per heavy atom. The SMILES string of the molecule is CCC(CC)C1CN=C(Nc2ccc(C)c(Cl)c2)S1. The van der Waals surface area contributed by atoms with Crippen molar-refractivity contribution in [3.63, 3.8) is 0 Å². The van der Waals surface area contributed by atoms with Crippen molar-refractivity contribution in [2.45, 2.75) is 38.9 Å². The Bertz CT molecular complexity index is 469. The smallest absolute Gasteiger partial charge is 0.161 e. The van der Waals surface area contributed by atoms with Crippen LogP contribution in [0.3, 0.4) is 0 Å². The van der Waals surface area contributed by atoms with Gasteiger partial charge < -0.3 is 5.32 Å². The average Bonchev–Trinajstić information content (AvgIpc) is 2.84. The van der Waals surface area contributed by atoms with E-state index in [1.54, 1.807) is 0 Å². The van der Waals surface area contributed by atoms with E-state index in [0.717, 1.165) is 33.9 Å². The van der Waals surface area contributed by atoms with Crippen LogP contribution in [-0.4, -0.2) is 17.0 Å². The fraction of sp³-hybridized carbons (Fsp3) is 0.533. The lowest BCUT2D eigenvalue weighted by molar-refractivity contribution is 0.479. The van der Waals surface area contributed by atoms with Crippen molar-refractivity contribution in [1.29, 1.82) is 0 Å². The number of nitrogens with zero attached hydrogens (tertiary/aromatic N) is 1. The molecule has 2 rings (SSSR count). The summed E-state index contributed by atoms with van der Waals surface area (Å²) in [7, 11) is 0. The quantitative estimate of drug-likeness (QED) is 0.848. The highest BCUT2D eigenvalue weighted by Gasteiger charge is 2.25. The fourth-order valence-corrected chi connectivity index (χ4v) is 3.83. The Kier molecular flexibility index (Phi) is 5.17. The summed E-state index contributed by atoms with van der Waals surface area (Å²) in [5.41, 5.74) is 2.12. The van der Waals surface area contributed by atoms with Gasteiger partial charge >= 0.3 is 0 Å². The van der Waals surface area contributed by atoms with E-state index in [2.05, 4.69) is 30.2 Å².